The average molecular weight is 607 g/mol. The maximum Gasteiger partial charge on any atom is 0.479 e. The Balaban J connectivity index is 1.22. The molecule has 5 N–H and O–H groups in total. The van der Waals surface area contributed by atoms with E-state index in [0.717, 1.165) is 16.7 Å². The molecule has 1 saturated heterocycles. The molecule has 1 fully saturated rings. The molecule has 8 atom stereocenters. The molecule has 5 rings (SSSR count). The van der Waals surface area contributed by atoms with E-state index in [4.69, 9.17) is 14.0 Å². The van der Waals surface area contributed by atoms with Gasteiger partial charge in [-0.2, -0.15) is 0 Å². The van der Waals surface area contributed by atoms with E-state index in [0.29, 0.717) is 16.9 Å². The van der Waals surface area contributed by atoms with Gasteiger partial charge in [0, 0.05) is 11.1 Å². The monoisotopic (exact) mass is 607 g/mol. The van der Waals surface area contributed by atoms with Crippen molar-refractivity contribution >= 4 is 27.1 Å². The van der Waals surface area contributed by atoms with E-state index in [1.54, 1.807) is 30.4 Å². The summed E-state index contributed by atoms with van der Waals surface area (Å²) in [6.45, 7) is 2.94. The van der Waals surface area contributed by atoms with Crippen LogP contribution in [0.1, 0.15) is 22.3 Å². The molecule has 41 heavy (non-hydrogen) atoms. The molecule has 12 nitrogen and oxygen atoms in total. The predicted molar refractivity (Wildman–Crippen MR) is 146 cm³/mol. The van der Waals surface area contributed by atoms with Gasteiger partial charge in [0.25, 0.3) is 0 Å². The van der Waals surface area contributed by atoms with Gasteiger partial charge in [0.05, 0.1) is 18.7 Å². The summed E-state index contributed by atoms with van der Waals surface area (Å²) in [5.74, 6) is -0.971. The van der Waals surface area contributed by atoms with E-state index in [1.807, 2.05) is 44.2 Å². The summed E-state index contributed by atoms with van der Waals surface area (Å²) >= 11 is 0. The largest absolute Gasteiger partial charge is 0.479 e. The third-order valence-corrected chi connectivity index (χ3v) is 10.3. The standard InChI is InChI=1S/C27H31NO11P2/c1-15-8-9-17(10-16(15)2)14-40(32,33)39-41(34,35)36-13-22-23(29)24(30)25(37-22)20-11-19-12-21(18-6-4-3-5-7-18)38-27(19)28-26(20)31/h3-12,20,22-25,27,29-30H,13-14H2,1-2H3,(H,28,31)(H,32,33)(H,34,35)/t20?,22-,23?,24+,25-,27?/m1/s1. The molecule has 220 valence electrons. The van der Waals surface area contributed by atoms with Crippen LogP contribution in [-0.4, -0.2) is 63.2 Å². The third kappa shape index (κ3) is 6.73. The van der Waals surface area contributed by atoms with E-state index in [2.05, 4.69) is 9.63 Å². The maximum absolute atomic E-state index is 12.9. The Bertz CT molecular complexity index is 1480. The number of rotatable bonds is 9. The number of ether oxygens (including phenoxy) is 2. The number of hydrogen-bond donors (Lipinski definition) is 5. The van der Waals surface area contributed by atoms with Gasteiger partial charge in [0.2, 0.25) is 5.91 Å². The van der Waals surface area contributed by atoms with Gasteiger partial charge in [-0.25, -0.2) is 8.88 Å². The van der Waals surface area contributed by atoms with Crippen LogP contribution in [0.2, 0.25) is 0 Å². The lowest BCUT2D eigenvalue weighted by atomic mass is 9.90. The molecule has 0 bridgehead atoms. The zero-order valence-electron chi connectivity index (χ0n) is 22.2. The molecule has 2 aromatic rings. The molecule has 0 aromatic heterocycles. The van der Waals surface area contributed by atoms with E-state index in [-0.39, 0.29) is 0 Å². The Hall–Kier alpha value is -2.63. The fourth-order valence-electron chi connectivity index (χ4n) is 4.94. The Kier molecular flexibility index (Phi) is 8.42. The van der Waals surface area contributed by atoms with Crippen molar-refractivity contribution in [2.75, 3.05) is 6.61 Å². The highest BCUT2D eigenvalue weighted by Crippen LogP contribution is 2.61. The number of carbonyl (C=O) groups excluding carboxylic acids is 1. The number of aliphatic hydroxyl groups excluding tert-OH is 2. The first-order chi connectivity index (χ1) is 19.3. The second-order valence-electron chi connectivity index (χ2n) is 10.3. The quantitative estimate of drug-likeness (QED) is 0.265. The number of carbonyl (C=O) groups is 1. The molecule has 0 saturated carbocycles. The summed E-state index contributed by atoms with van der Waals surface area (Å²) in [7, 11) is -9.70. The number of hydrogen-bond acceptors (Lipinski definition) is 9. The van der Waals surface area contributed by atoms with Crippen molar-refractivity contribution in [3.05, 3.63) is 88.5 Å². The maximum atomic E-state index is 12.9. The third-order valence-electron chi connectivity index (χ3n) is 7.19. The fraction of sp³-hybridized carbons (Fsp3) is 0.370. The summed E-state index contributed by atoms with van der Waals surface area (Å²) in [5, 5.41) is 23.9. The Labute approximate surface area is 236 Å². The van der Waals surface area contributed by atoms with Gasteiger partial charge in [-0.05, 0) is 36.6 Å². The van der Waals surface area contributed by atoms with Crippen LogP contribution in [0.4, 0.5) is 0 Å². The second kappa shape index (κ2) is 11.6. The van der Waals surface area contributed by atoms with Gasteiger partial charge in [0.15, 0.2) is 6.23 Å². The molecule has 14 heteroatoms. The van der Waals surface area contributed by atoms with Crippen LogP contribution in [0.3, 0.4) is 0 Å². The molecule has 0 aliphatic carbocycles. The van der Waals surface area contributed by atoms with Gasteiger partial charge in [0.1, 0.15) is 30.2 Å². The minimum atomic E-state index is -5.09. The van der Waals surface area contributed by atoms with Crippen LogP contribution in [0.15, 0.2) is 66.3 Å². The number of aryl methyl sites for hydroxylation is 2. The van der Waals surface area contributed by atoms with Crippen LogP contribution < -0.4 is 5.32 Å². The van der Waals surface area contributed by atoms with Crippen molar-refractivity contribution in [2.24, 2.45) is 5.92 Å². The number of aliphatic hydroxyl groups is 2. The topological polar surface area (TPSA) is 181 Å². The minimum absolute atomic E-state index is 0.431. The molecule has 0 spiro atoms. The molecule has 0 radical (unpaired) electrons. The van der Waals surface area contributed by atoms with E-state index < -0.39 is 70.7 Å². The number of fused-ring (bicyclic) bond motifs is 1. The Morgan fingerprint density at radius 1 is 1.00 bits per heavy atom. The smallest absolute Gasteiger partial charge is 0.466 e. The number of nitrogens with one attached hydrogen (secondary N) is 1. The van der Waals surface area contributed by atoms with Gasteiger partial charge < -0.3 is 34.8 Å². The summed E-state index contributed by atoms with van der Waals surface area (Å²) in [6, 6.07) is 14.3. The lowest BCUT2D eigenvalue weighted by Crippen LogP contribution is -2.49. The highest BCUT2D eigenvalue weighted by atomic mass is 31.3. The van der Waals surface area contributed by atoms with Gasteiger partial charge in [-0.3, -0.25) is 13.9 Å². The molecular formula is C27H31NO11P2. The van der Waals surface area contributed by atoms with Crippen molar-refractivity contribution < 1.29 is 52.2 Å². The van der Waals surface area contributed by atoms with Crippen LogP contribution in [0.25, 0.3) is 5.76 Å². The fourth-order valence-corrected chi connectivity index (χ4v) is 7.64. The molecule has 3 heterocycles. The van der Waals surface area contributed by atoms with Gasteiger partial charge >= 0.3 is 15.4 Å². The number of phosphoric acid groups is 1. The SMILES string of the molecule is Cc1ccc(CP(=O)(O)OP(=O)(O)OC[C@H]2O[C@H](C3C=C4C=C(c5ccccc5)OC4NC3=O)[C@@H](O)C2O)cc1C. The van der Waals surface area contributed by atoms with E-state index >= 15 is 0 Å². The summed E-state index contributed by atoms with van der Waals surface area (Å²) < 4.78 is 46.0. The Morgan fingerprint density at radius 3 is 2.44 bits per heavy atom. The van der Waals surface area contributed by atoms with Gasteiger partial charge in [-0.1, -0.05) is 54.6 Å². The molecule has 2 aromatic carbocycles. The van der Waals surface area contributed by atoms with Crippen LogP contribution in [0, 0.1) is 19.8 Å². The number of phosphoric ester groups is 1. The minimum Gasteiger partial charge on any atom is -0.466 e. The van der Waals surface area contributed by atoms with Crippen molar-refractivity contribution in [3.63, 3.8) is 0 Å². The second-order valence-corrected chi connectivity index (χ2v) is 13.7. The number of amides is 1. The van der Waals surface area contributed by atoms with Gasteiger partial charge in [-0.15, -0.1) is 0 Å². The molecule has 1 amide bonds. The first-order valence-corrected chi connectivity index (χ1v) is 16.1. The highest BCUT2D eigenvalue weighted by molar-refractivity contribution is 7.63. The lowest BCUT2D eigenvalue weighted by Gasteiger charge is -2.29. The van der Waals surface area contributed by atoms with Crippen LogP contribution in [0.5, 0.6) is 0 Å². The summed E-state index contributed by atoms with van der Waals surface area (Å²) in [5.41, 5.74) is 3.72. The molecule has 3 aliphatic rings. The normalized spacial score (nSPS) is 30.3. The van der Waals surface area contributed by atoms with Crippen molar-refractivity contribution in [2.45, 2.75) is 50.7 Å². The predicted octanol–water partition coefficient (Wildman–Crippen LogP) is 2.68. The zero-order chi connectivity index (χ0) is 29.5. The number of benzene rings is 2. The molecular weight excluding hydrogens is 576 g/mol. The van der Waals surface area contributed by atoms with Crippen LogP contribution in [-0.2, 0) is 38.4 Å². The molecule has 5 unspecified atom stereocenters. The highest BCUT2D eigenvalue weighted by Gasteiger charge is 2.50. The van der Waals surface area contributed by atoms with Crippen LogP contribution >= 0.6 is 15.4 Å². The summed E-state index contributed by atoms with van der Waals surface area (Å²) in [6.07, 6.45) is -3.58. The van der Waals surface area contributed by atoms with E-state index in [1.165, 1.54) is 0 Å². The first-order valence-electron chi connectivity index (χ1n) is 12.9. The van der Waals surface area contributed by atoms with Crippen molar-refractivity contribution in [1.29, 1.82) is 0 Å². The zero-order valence-corrected chi connectivity index (χ0v) is 24.0. The average Bonchev–Trinajstić information content (AvgIpc) is 3.44. The lowest BCUT2D eigenvalue weighted by molar-refractivity contribution is -0.133. The van der Waals surface area contributed by atoms with E-state index in [9.17, 15) is 33.9 Å². The van der Waals surface area contributed by atoms with Crippen molar-refractivity contribution in [3.8, 4) is 0 Å². The van der Waals surface area contributed by atoms with Crippen molar-refractivity contribution in [1.82, 2.24) is 5.32 Å². The Morgan fingerprint density at radius 2 is 1.73 bits per heavy atom. The summed E-state index contributed by atoms with van der Waals surface area (Å²) in [4.78, 5) is 33.2. The first kappa shape index (κ1) is 29.8. The molecule has 3 aliphatic heterocycles.